The lowest BCUT2D eigenvalue weighted by Crippen LogP contribution is -2.30. The van der Waals surface area contributed by atoms with E-state index in [0.29, 0.717) is 6.54 Å². The van der Waals surface area contributed by atoms with Crippen LogP contribution in [-0.4, -0.2) is 17.4 Å². The average Bonchev–Trinajstić information content (AvgIpc) is 2.97. The van der Waals surface area contributed by atoms with Crippen LogP contribution >= 0.6 is 0 Å². The summed E-state index contributed by atoms with van der Waals surface area (Å²) < 4.78 is 0. The zero-order valence-corrected chi connectivity index (χ0v) is 11.3. The van der Waals surface area contributed by atoms with Crippen LogP contribution in [0.15, 0.2) is 60.8 Å². The summed E-state index contributed by atoms with van der Waals surface area (Å²) in [6, 6.07) is 17.5. The summed E-state index contributed by atoms with van der Waals surface area (Å²) in [6.07, 6.45) is 1.86. The van der Waals surface area contributed by atoms with Crippen molar-refractivity contribution in [3.63, 3.8) is 0 Å². The number of para-hydroxylation sites is 1. The van der Waals surface area contributed by atoms with Gasteiger partial charge in [-0.15, -0.1) is 0 Å². The molecule has 100 valence electrons. The summed E-state index contributed by atoms with van der Waals surface area (Å²) in [5, 5.41) is 0.965. The Morgan fingerprint density at radius 1 is 1.05 bits per heavy atom. The number of rotatable bonds is 3. The summed E-state index contributed by atoms with van der Waals surface area (Å²) in [6.45, 7) is 2.63. The van der Waals surface area contributed by atoms with Crippen LogP contribution in [0.5, 0.6) is 0 Å². The maximum absolute atomic E-state index is 12.8. The molecule has 0 fully saturated rings. The number of benzene rings is 2. The van der Waals surface area contributed by atoms with Gasteiger partial charge in [-0.3, -0.25) is 4.79 Å². The van der Waals surface area contributed by atoms with Gasteiger partial charge in [0, 0.05) is 34.9 Å². The van der Waals surface area contributed by atoms with Crippen molar-refractivity contribution in [2.45, 2.75) is 6.92 Å². The van der Waals surface area contributed by atoms with Crippen LogP contribution in [0.2, 0.25) is 0 Å². The molecule has 0 unspecified atom stereocenters. The molecule has 0 aliphatic rings. The van der Waals surface area contributed by atoms with Crippen LogP contribution in [0.25, 0.3) is 10.9 Å². The normalized spacial score (nSPS) is 10.7. The van der Waals surface area contributed by atoms with E-state index in [-0.39, 0.29) is 5.91 Å². The largest absolute Gasteiger partial charge is 0.361 e. The molecular formula is C17H16N2O. The minimum atomic E-state index is 0.0314. The second kappa shape index (κ2) is 5.21. The summed E-state index contributed by atoms with van der Waals surface area (Å²) >= 11 is 0. The number of carbonyl (C=O) groups is 1. The molecule has 1 aromatic heterocycles. The number of nitrogens with zero attached hydrogens (tertiary/aromatic N) is 1. The number of fused-ring (bicyclic) bond motifs is 1. The lowest BCUT2D eigenvalue weighted by molar-refractivity contribution is 0.0990. The molecule has 3 rings (SSSR count). The molecule has 0 aliphatic heterocycles. The van der Waals surface area contributed by atoms with E-state index in [1.165, 1.54) is 0 Å². The molecule has 0 radical (unpaired) electrons. The molecule has 3 aromatic rings. The van der Waals surface area contributed by atoms with Gasteiger partial charge in [0.1, 0.15) is 0 Å². The number of anilines is 1. The van der Waals surface area contributed by atoms with E-state index in [4.69, 9.17) is 0 Å². The van der Waals surface area contributed by atoms with Crippen LogP contribution < -0.4 is 4.90 Å². The third-order valence-corrected chi connectivity index (χ3v) is 3.45. The number of hydrogen-bond donors (Lipinski definition) is 1. The standard InChI is InChI=1S/C17H16N2O/c1-2-19(13-7-4-3-5-8-13)17(20)15-9-6-10-16-14(15)11-12-18-16/h3-12,18H,2H2,1H3. The van der Waals surface area contributed by atoms with Crippen molar-refractivity contribution in [2.75, 3.05) is 11.4 Å². The van der Waals surface area contributed by atoms with Gasteiger partial charge in [-0.25, -0.2) is 0 Å². The van der Waals surface area contributed by atoms with E-state index in [0.717, 1.165) is 22.2 Å². The fourth-order valence-electron chi connectivity index (χ4n) is 2.47. The highest BCUT2D eigenvalue weighted by Crippen LogP contribution is 2.22. The first kappa shape index (κ1) is 12.5. The van der Waals surface area contributed by atoms with Crippen molar-refractivity contribution >= 4 is 22.5 Å². The molecule has 1 heterocycles. The fraction of sp³-hybridized carbons (Fsp3) is 0.118. The number of carbonyl (C=O) groups excluding carboxylic acids is 1. The molecule has 3 nitrogen and oxygen atoms in total. The number of H-pyrrole nitrogens is 1. The first-order valence-corrected chi connectivity index (χ1v) is 6.74. The Bertz CT molecular complexity index is 731. The van der Waals surface area contributed by atoms with E-state index in [1.54, 1.807) is 4.90 Å². The molecule has 0 spiro atoms. The van der Waals surface area contributed by atoms with Gasteiger partial charge in [-0.05, 0) is 37.3 Å². The summed E-state index contributed by atoms with van der Waals surface area (Å²) in [5.41, 5.74) is 2.64. The zero-order chi connectivity index (χ0) is 13.9. The molecule has 0 aliphatic carbocycles. The smallest absolute Gasteiger partial charge is 0.258 e. The topological polar surface area (TPSA) is 36.1 Å². The highest BCUT2D eigenvalue weighted by atomic mass is 16.2. The monoisotopic (exact) mass is 264 g/mol. The first-order valence-electron chi connectivity index (χ1n) is 6.74. The fourth-order valence-corrected chi connectivity index (χ4v) is 2.47. The second-order valence-electron chi connectivity index (χ2n) is 4.63. The molecule has 0 bridgehead atoms. The van der Waals surface area contributed by atoms with Crippen LogP contribution in [-0.2, 0) is 0 Å². The maximum Gasteiger partial charge on any atom is 0.258 e. The third kappa shape index (κ3) is 2.07. The van der Waals surface area contributed by atoms with Gasteiger partial charge in [0.2, 0.25) is 0 Å². The van der Waals surface area contributed by atoms with Crippen LogP contribution in [0.3, 0.4) is 0 Å². The first-order chi connectivity index (χ1) is 9.81. The van der Waals surface area contributed by atoms with Gasteiger partial charge < -0.3 is 9.88 Å². The molecule has 20 heavy (non-hydrogen) atoms. The van der Waals surface area contributed by atoms with Crippen molar-refractivity contribution in [1.82, 2.24) is 4.98 Å². The van der Waals surface area contributed by atoms with Crippen molar-refractivity contribution in [2.24, 2.45) is 0 Å². The minimum Gasteiger partial charge on any atom is -0.361 e. The lowest BCUT2D eigenvalue weighted by Gasteiger charge is -2.21. The number of aromatic amines is 1. The molecular weight excluding hydrogens is 248 g/mol. The Morgan fingerprint density at radius 3 is 2.60 bits per heavy atom. The van der Waals surface area contributed by atoms with Crippen molar-refractivity contribution in [3.8, 4) is 0 Å². The summed E-state index contributed by atoms with van der Waals surface area (Å²) in [4.78, 5) is 17.7. The molecule has 0 saturated heterocycles. The average molecular weight is 264 g/mol. The summed E-state index contributed by atoms with van der Waals surface area (Å²) in [7, 11) is 0. The van der Waals surface area contributed by atoms with Gasteiger partial charge in [-0.1, -0.05) is 24.3 Å². The highest BCUT2D eigenvalue weighted by molar-refractivity contribution is 6.13. The Morgan fingerprint density at radius 2 is 1.85 bits per heavy atom. The molecule has 2 aromatic carbocycles. The highest BCUT2D eigenvalue weighted by Gasteiger charge is 2.18. The van der Waals surface area contributed by atoms with Gasteiger partial charge in [0.25, 0.3) is 5.91 Å². The molecule has 1 N–H and O–H groups in total. The SMILES string of the molecule is CCN(C(=O)c1cccc2[nH]ccc12)c1ccccc1. The second-order valence-corrected chi connectivity index (χ2v) is 4.63. The van der Waals surface area contributed by atoms with E-state index in [2.05, 4.69) is 4.98 Å². The van der Waals surface area contributed by atoms with E-state index in [9.17, 15) is 4.79 Å². The van der Waals surface area contributed by atoms with Crippen molar-refractivity contribution in [1.29, 1.82) is 0 Å². The predicted octanol–water partition coefficient (Wildman–Crippen LogP) is 3.83. The number of nitrogens with one attached hydrogen (secondary N) is 1. The molecule has 0 saturated carbocycles. The van der Waals surface area contributed by atoms with Crippen LogP contribution in [0.4, 0.5) is 5.69 Å². The van der Waals surface area contributed by atoms with Crippen LogP contribution in [0, 0.1) is 0 Å². The van der Waals surface area contributed by atoms with Gasteiger partial charge in [0.15, 0.2) is 0 Å². The zero-order valence-electron chi connectivity index (χ0n) is 11.3. The van der Waals surface area contributed by atoms with Gasteiger partial charge in [-0.2, -0.15) is 0 Å². The summed E-state index contributed by atoms with van der Waals surface area (Å²) in [5.74, 6) is 0.0314. The van der Waals surface area contributed by atoms with Crippen molar-refractivity contribution in [3.05, 3.63) is 66.4 Å². The number of aromatic nitrogens is 1. The van der Waals surface area contributed by atoms with Gasteiger partial charge in [0.05, 0.1) is 0 Å². The Kier molecular flexibility index (Phi) is 3.25. The third-order valence-electron chi connectivity index (χ3n) is 3.45. The van der Waals surface area contributed by atoms with Crippen molar-refractivity contribution < 1.29 is 4.79 Å². The molecule has 0 atom stereocenters. The quantitative estimate of drug-likeness (QED) is 0.766. The van der Waals surface area contributed by atoms with E-state index < -0.39 is 0 Å². The van der Waals surface area contributed by atoms with E-state index in [1.807, 2.05) is 67.7 Å². The number of amides is 1. The Balaban J connectivity index is 2.05. The molecule has 1 amide bonds. The minimum absolute atomic E-state index is 0.0314. The number of hydrogen-bond acceptors (Lipinski definition) is 1. The van der Waals surface area contributed by atoms with Gasteiger partial charge >= 0.3 is 0 Å². The lowest BCUT2D eigenvalue weighted by atomic mass is 10.1. The Labute approximate surface area is 117 Å². The van der Waals surface area contributed by atoms with E-state index >= 15 is 0 Å². The molecule has 3 heteroatoms. The Hall–Kier alpha value is -2.55. The maximum atomic E-state index is 12.8. The van der Waals surface area contributed by atoms with Crippen LogP contribution in [0.1, 0.15) is 17.3 Å². The predicted molar refractivity (Wildman–Crippen MR) is 82.1 cm³/mol.